The minimum atomic E-state index is -3.40. The van der Waals surface area contributed by atoms with Crippen molar-refractivity contribution in [1.29, 1.82) is 0 Å². The monoisotopic (exact) mass is 279 g/mol. The van der Waals surface area contributed by atoms with Crippen molar-refractivity contribution >= 4 is 9.84 Å². The molecule has 0 aliphatic rings. The number of halogens is 1. The van der Waals surface area contributed by atoms with Gasteiger partial charge in [-0.1, -0.05) is 18.2 Å². The van der Waals surface area contributed by atoms with Crippen LogP contribution in [0.5, 0.6) is 5.75 Å². The van der Waals surface area contributed by atoms with Crippen molar-refractivity contribution in [1.82, 2.24) is 0 Å². The van der Waals surface area contributed by atoms with Gasteiger partial charge in [-0.05, 0) is 29.8 Å². The van der Waals surface area contributed by atoms with E-state index in [0.717, 1.165) is 6.26 Å². The molecule has 99 valence electrons. The van der Waals surface area contributed by atoms with Crippen LogP contribution in [0, 0.1) is 11.9 Å². The van der Waals surface area contributed by atoms with E-state index in [0.29, 0.717) is 11.1 Å². The highest BCUT2D eigenvalue weighted by atomic mass is 32.2. The largest absolute Gasteiger partial charge is 0.494 e. The molecule has 0 aliphatic heterocycles. The molecular formula is C14H12FO3S. The van der Waals surface area contributed by atoms with Crippen molar-refractivity contribution in [2.45, 2.75) is 4.90 Å². The van der Waals surface area contributed by atoms with E-state index in [2.05, 4.69) is 6.07 Å². The Morgan fingerprint density at radius 1 is 1.26 bits per heavy atom. The first kappa shape index (κ1) is 13.5. The summed E-state index contributed by atoms with van der Waals surface area (Å²) >= 11 is 0. The highest BCUT2D eigenvalue weighted by Crippen LogP contribution is 2.29. The van der Waals surface area contributed by atoms with Crippen molar-refractivity contribution in [3.63, 3.8) is 0 Å². The maximum Gasteiger partial charge on any atom is 0.176 e. The maximum absolute atomic E-state index is 13.7. The molecule has 19 heavy (non-hydrogen) atoms. The molecule has 0 heterocycles. The van der Waals surface area contributed by atoms with E-state index in [9.17, 15) is 12.8 Å². The molecule has 3 nitrogen and oxygen atoms in total. The molecule has 1 radical (unpaired) electrons. The predicted octanol–water partition coefficient (Wildman–Crippen LogP) is 2.70. The number of hydrogen-bond acceptors (Lipinski definition) is 3. The second-order valence-electron chi connectivity index (χ2n) is 4.03. The lowest BCUT2D eigenvalue weighted by Gasteiger charge is -2.09. The van der Waals surface area contributed by atoms with Crippen molar-refractivity contribution in [3.8, 4) is 16.9 Å². The Balaban J connectivity index is 2.63. The van der Waals surface area contributed by atoms with Gasteiger partial charge in [-0.15, -0.1) is 0 Å². The van der Waals surface area contributed by atoms with Crippen molar-refractivity contribution in [2.24, 2.45) is 0 Å². The average Bonchev–Trinajstić information content (AvgIpc) is 2.37. The molecule has 0 aliphatic carbocycles. The fourth-order valence-electron chi connectivity index (χ4n) is 1.78. The van der Waals surface area contributed by atoms with Crippen LogP contribution in [-0.4, -0.2) is 21.8 Å². The lowest BCUT2D eigenvalue weighted by molar-refractivity contribution is 0.386. The summed E-state index contributed by atoms with van der Waals surface area (Å²) in [6.45, 7) is 0. The summed E-state index contributed by atoms with van der Waals surface area (Å²) in [5.41, 5.74) is 0.797. The summed E-state index contributed by atoms with van der Waals surface area (Å²) in [6, 6.07) is 11.8. The predicted molar refractivity (Wildman–Crippen MR) is 70.3 cm³/mol. The van der Waals surface area contributed by atoms with E-state index < -0.39 is 15.7 Å². The SMILES string of the molecule is COc1ccc(-c2[c]cccc2S(C)(=O)=O)cc1F. The third-order valence-electron chi connectivity index (χ3n) is 2.66. The Morgan fingerprint density at radius 3 is 2.58 bits per heavy atom. The lowest BCUT2D eigenvalue weighted by Crippen LogP contribution is -2.00. The zero-order valence-electron chi connectivity index (χ0n) is 10.5. The molecule has 0 saturated heterocycles. The van der Waals surface area contributed by atoms with Gasteiger partial charge >= 0.3 is 0 Å². The zero-order chi connectivity index (χ0) is 14.0. The number of benzene rings is 2. The van der Waals surface area contributed by atoms with Gasteiger partial charge in [-0.2, -0.15) is 0 Å². The molecule has 0 atom stereocenters. The Hall–Kier alpha value is -1.88. The fraction of sp³-hybridized carbons (Fsp3) is 0.143. The molecule has 0 amide bonds. The first-order valence-electron chi connectivity index (χ1n) is 5.48. The Morgan fingerprint density at radius 2 is 2.00 bits per heavy atom. The third-order valence-corrected chi connectivity index (χ3v) is 3.80. The minimum absolute atomic E-state index is 0.112. The van der Waals surface area contributed by atoms with Crippen LogP contribution in [0.2, 0.25) is 0 Å². The first-order valence-corrected chi connectivity index (χ1v) is 7.37. The van der Waals surface area contributed by atoms with Crippen LogP contribution in [0.3, 0.4) is 0 Å². The molecule has 2 aromatic rings. The van der Waals surface area contributed by atoms with Gasteiger partial charge in [0.2, 0.25) is 0 Å². The second kappa shape index (κ2) is 5.01. The molecule has 0 fully saturated rings. The van der Waals surface area contributed by atoms with Crippen molar-refractivity contribution in [2.75, 3.05) is 13.4 Å². The van der Waals surface area contributed by atoms with Gasteiger partial charge in [0, 0.05) is 11.8 Å². The van der Waals surface area contributed by atoms with Crippen LogP contribution in [0.1, 0.15) is 0 Å². The van der Waals surface area contributed by atoms with Crippen LogP contribution in [0.4, 0.5) is 4.39 Å². The van der Waals surface area contributed by atoms with Crippen LogP contribution in [0.25, 0.3) is 11.1 Å². The smallest absolute Gasteiger partial charge is 0.176 e. The van der Waals surface area contributed by atoms with Gasteiger partial charge in [0.05, 0.1) is 12.0 Å². The van der Waals surface area contributed by atoms with E-state index in [1.54, 1.807) is 18.2 Å². The normalized spacial score (nSPS) is 11.3. The van der Waals surface area contributed by atoms with Gasteiger partial charge in [0.15, 0.2) is 21.4 Å². The lowest BCUT2D eigenvalue weighted by atomic mass is 10.1. The topological polar surface area (TPSA) is 43.4 Å². The molecule has 0 saturated carbocycles. The number of ether oxygens (including phenoxy) is 1. The summed E-state index contributed by atoms with van der Waals surface area (Å²) in [4.78, 5) is 0.125. The van der Waals surface area contributed by atoms with Gasteiger partial charge in [-0.3, -0.25) is 0 Å². The molecule has 2 rings (SSSR count). The summed E-state index contributed by atoms with van der Waals surface area (Å²) in [5, 5.41) is 0. The van der Waals surface area contributed by atoms with Gasteiger partial charge in [0.1, 0.15) is 0 Å². The molecule has 0 N–H and O–H groups in total. The van der Waals surface area contributed by atoms with E-state index in [1.807, 2.05) is 0 Å². The Kier molecular flexibility index (Phi) is 3.57. The van der Waals surface area contributed by atoms with E-state index in [1.165, 1.54) is 25.3 Å². The van der Waals surface area contributed by atoms with Gasteiger partial charge < -0.3 is 4.74 Å². The van der Waals surface area contributed by atoms with E-state index in [4.69, 9.17) is 4.74 Å². The zero-order valence-corrected chi connectivity index (χ0v) is 11.3. The van der Waals surface area contributed by atoms with Crippen molar-refractivity contribution in [3.05, 3.63) is 48.3 Å². The summed E-state index contributed by atoms with van der Waals surface area (Å²) in [6.07, 6.45) is 1.11. The summed E-state index contributed by atoms with van der Waals surface area (Å²) in [7, 11) is -2.03. The van der Waals surface area contributed by atoms with Crippen LogP contribution >= 0.6 is 0 Å². The Bertz CT molecular complexity index is 708. The fourth-order valence-corrected chi connectivity index (χ4v) is 2.65. The van der Waals surface area contributed by atoms with E-state index in [-0.39, 0.29) is 10.6 Å². The second-order valence-corrected chi connectivity index (χ2v) is 6.02. The molecule has 2 aromatic carbocycles. The number of sulfone groups is 1. The van der Waals surface area contributed by atoms with Crippen LogP contribution in [-0.2, 0) is 9.84 Å². The van der Waals surface area contributed by atoms with Gasteiger partial charge in [0.25, 0.3) is 0 Å². The highest BCUT2D eigenvalue weighted by molar-refractivity contribution is 7.90. The minimum Gasteiger partial charge on any atom is -0.494 e. The number of rotatable bonds is 3. The molecule has 0 aromatic heterocycles. The van der Waals surface area contributed by atoms with Gasteiger partial charge in [-0.25, -0.2) is 12.8 Å². The highest BCUT2D eigenvalue weighted by Gasteiger charge is 2.15. The molecule has 0 spiro atoms. The molecule has 0 unspecified atom stereocenters. The Labute approximate surface area is 111 Å². The summed E-state index contributed by atoms with van der Waals surface area (Å²) in [5.74, 6) is -0.433. The molecule has 0 bridgehead atoms. The van der Waals surface area contributed by atoms with Crippen molar-refractivity contribution < 1.29 is 17.5 Å². The third kappa shape index (κ3) is 2.76. The standard InChI is InChI=1S/C14H12FO3S/c1-18-13-8-7-10(9-12(13)15)11-5-3-4-6-14(11)19(2,16)17/h3-4,6-9H,1-2H3. The van der Waals surface area contributed by atoms with E-state index >= 15 is 0 Å². The average molecular weight is 279 g/mol. The van der Waals surface area contributed by atoms with Crippen LogP contribution < -0.4 is 4.74 Å². The quantitative estimate of drug-likeness (QED) is 0.867. The summed E-state index contributed by atoms with van der Waals surface area (Å²) < 4.78 is 41.9. The number of hydrogen-bond donors (Lipinski definition) is 0. The first-order chi connectivity index (χ1) is 8.93. The molecular weight excluding hydrogens is 267 g/mol. The number of methoxy groups -OCH3 is 1. The maximum atomic E-state index is 13.7. The molecule has 5 heteroatoms. The van der Waals surface area contributed by atoms with Crippen LogP contribution in [0.15, 0.2) is 41.3 Å².